The topological polar surface area (TPSA) is 83.2 Å². The first-order valence-corrected chi connectivity index (χ1v) is 8.82. The van der Waals surface area contributed by atoms with Crippen molar-refractivity contribution in [1.82, 2.24) is 15.0 Å². The van der Waals surface area contributed by atoms with Crippen molar-refractivity contribution in [3.8, 4) is 22.8 Å². The van der Waals surface area contributed by atoms with Gasteiger partial charge in [0.05, 0.1) is 41.2 Å². The van der Waals surface area contributed by atoms with Crippen molar-refractivity contribution in [3.63, 3.8) is 0 Å². The number of nitrogens with zero attached hydrogens (tertiary/aromatic N) is 3. The summed E-state index contributed by atoms with van der Waals surface area (Å²) in [6.45, 7) is 0. The highest BCUT2D eigenvalue weighted by atomic mass is 35.5. The number of rotatable bonds is 4. The summed E-state index contributed by atoms with van der Waals surface area (Å²) in [5, 5.41) is 1.59. The van der Waals surface area contributed by atoms with Crippen molar-refractivity contribution in [2.75, 3.05) is 20.0 Å². The summed E-state index contributed by atoms with van der Waals surface area (Å²) in [7, 11) is 3.08. The highest BCUT2D eigenvalue weighted by Gasteiger charge is 2.29. The fourth-order valence-corrected chi connectivity index (χ4v) is 3.65. The van der Waals surface area contributed by atoms with E-state index < -0.39 is 0 Å². The molecule has 0 bridgehead atoms. The quantitative estimate of drug-likeness (QED) is 0.706. The predicted molar refractivity (Wildman–Crippen MR) is 102 cm³/mol. The van der Waals surface area contributed by atoms with Crippen molar-refractivity contribution in [3.05, 3.63) is 34.1 Å². The molecule has 8 heteroatoms. The van der Waals surface area contributed by atoms with Gasteiger partial charge in [0.2, 0.25) is 5.95 Å². The normalized spacial score (nSPS) is 13.8. The molecule has 26 heavy (non-hydrogen) atoms. The van der Waals surface area contributed by atoms with E-state index in [1.807, 2.05) is 6.07 Å². The number of nitrogen functional groups attached to an aromatic ring is 1. The zero-order valence-electron chi connectivity index (χ0n) is 14.2. The second-order valence-corrected chi connectivity index (χ2v) is 6.87. The number of benzene rings is 1. The third-order valence-corrected chi connectivity index (χ3v) is 5.16. The average Bonchev–Trinajstić information content (AvgIpc) is 3.47. The summed E-state index contributed by atoms with van der Waals surface area (Å²) >= 11 is 13.1. The Labute approximate surface area is 160 Å². The smallest absolute Gasteiger partial charge is 0.220 e. The molecule has 1 aliphatic carbocycles. The molecule has 2 aromatic heterocycles. The van der Waals surface area contributed by atoms with E-state index in [1.165, 1.54) is 0 Å². The highest BCUT2D eigenvalue weighted by molar-refractivity contribution is 6.41. The Morgan fingerprint density at radius 1 is 1.04 bits per heavy atom. The number of fused-ring (bicyclic) bond motifs is 1. The molecular formula is C18H16Cl2N4O2. The van der Waals surface area contributed by atoms with E-state index >= 15 is 0 Å². The van der Waals surface area contributed by atoms with E-state index in [1.54, 1.807) is 26.5 Å². The Morgan fingerprint density at radius 3 is 2.27 bits per heavy atom. The predicted octanol–water partition coefficient (Wildman–Crippen LogP) is 4.48. The molecule has 0 radical (unpaired) electrons. The molecule has 1 aromatic carbocycles. The maximum absolute atomic E-state index is 6.55. The Hall–Kier alpha value is -2.31. The molecule has 0 spiro atoms. The third kappa shape index (κ3) is 2.79. The number of aromatic nitrogens is 3. The average molecular weight is 391 g/mol. The van der Waals surface area contributed by atoms with Crippen LogP contribution < -0.4 is 15.2 Å². The summed E-state index contributed by atoms with van der Waals surface area (Å²) in [6, 6.07) is 3.51. The van der Waals surface area contributed by atoms with Gasteiger partial charge in [-0.25, -0.2) is 9.97 Å². The summed E-state index contributed by atoms with van der Waals surface area (Å²) in [5.41, 5.74) is 8.61. The van der Waals surface area contributed by atoms with Gasteiger partial charge in [-0.15, -0.1) is 0 Å². The van der Waals surface area contributed by atoms with Crippen LogP contribution in [0.1, 0.15) is 24.5 Å². The molecule has 1 aliphatic rings. The second kappa shape index (κ2) is 6.45. The van der Waals surface area contributed by atoms with Crippen molar-refractivity contribution in [2.45, 2.75) is 18.8 Å². The third-order valence-electron chi connectivity index (χ3n) is 4.41. The molecule has 0 amide bonds. The van der Waals surface area contributed by atoms with Crippen LogP contribution >= 0.6 is 23.2 Å². The number of pyridine rings is 1. The summed E-state index contributed by atoms with van der Waals surface area (Å²) in [6.07, 6.45) is 3.82. The van der Waals surface area contributed by atoms with Crippen molar-refractivity contribution in [2.24, 2.45) is 0 Å². The number of nitrogens with two attached hydrogens (primary N) is 1. The lowest BCUT2D eigenvalue weighted by molar-refractivity contribution is 0.395. The van der Waals surface area contributed by atoms with Gasteiger partial charge >= 0.3 is 0 Å². The number of hydrogen-bond acceptors (Lipinski definition) is 6. The van der Waals surface area contributed by atoms with Crippen LogP contribution in [0.5, 0.6) is 11.5 Å². The molecule has 1 saturated carbocycles. The van der Waals surface area contributed by atoms with Crippen LogP contribution in [0.2, 0.25) is 10.0 Å². The van der Waals surface area contributed by atoms with Gasteiger partial charge in [-0.05, 0) is 18.9 Å². The van der Waals surface area contributed by atoms with Gasteiger partial charge in [0.15, 0.2) is 0 Å². The fourth-order valence-electron chi connectivity index (χ4n) is 2.96. The highest BCUT2D eigenvalue weighted by Crippen LogP contribution is 2.47. The molecule has 0 aliphatic heterocycles. The Balaban J connectivity index is 2.02. The van der Waals surface area contributed by atoms with E-state index in [-0.39, 0.29) is 5.95 Å². The molecule has 3 aromatic rings. The van der Waals surface area contributed by atoms with Crippen LogP contribution in [0.15, 0.2) is 18.3 Å². The first-order valence-electron chi connectivity index (χ1n) is 8.07. The molecule has 0 atom stereocenters. The Bertz CT molecular complexity index is 994. The van der Waals surface area contributed by atoms with E-state index in [2.05, 4.69) is 9.97 Å². The zero-order chi connectivity index (χ0) is 18.4. The van der Waals surface area contributed by atoms with E-state index in [9.17, 15) is 0 Å². The Morgan fingerprint density at radius 2 is 1.69 bits per heavy atom. The van der Waals surface area contributed by atoms with Crippen LogP contribution in [0.4, 0.5) is 5.95 Å². The summed E-state index contributed by atoms with van der Waals surface area (Å²) < 4.78 is 10.7. The minimum atomic E-state index is 0.230. The molecule has 0 saturated heterocycles. The van der Waals surface area contributed by atoms with Crippen LogP contribution in [0, 0.1) is 0 Å². The first kappa shape index (κ1) is 17.1. The number of hydrogen-bond donors (Lipinski definition) is 1. The molecule has 0 unspecified atom stereocenters. The second-order valence-electron chi connectivity index (χ2n) is 6.12. The summed E-state index contributed by atoms with van der Waals surface area (Å²) in [5.74, 6) is 1.52. The summed E-state index contributed by atoms with van der Waals surface area (Å²) in [4.78, 5) is 13.3. The lowest BCUT2D eigenvalue weighted by atomic mass is 10.1. The number of halogens is 2. The molecular weight excluding hydrogens is 375 g/mol. The van der Waals surface area contributed by atoms with Crippen LogP contribution in [0.3, 0.4) is 0 Å². The standard InChI is InChI=1S/C18H16Cl2N4O2/c1-25-11-6-12(26-2)15(20)13(14(11)19)10-5-9-7-22-18(21)24-17(9)16(23-10)8-3-4-8/h5-8H,3-4H2,1-2H3,(H2,21,22,24). The number of anilines is 1. The van der Waals surface area contributed by atoms with E-state index in [0.717, 1.165) is 29.4 Å². The van der Waals surface area contributed by atoms with Gasteiger partial charge in [-0.1, -0.05) is 23.2 Å². The lowest BCUT2D eigenvalue weighted by Gasteiger charge is -2.15. The van der Waals surface area contributed by atoms with Crippen molar-refractivity contribution < 1.29 is 9.47 Å². The van der Waals surface area contributed by atoms with Gasteiger partial charge < -0.3 is 15.2 Å². The molecule has 4 rings (SSSR count). The maximum atomic E-state index is 6.55. The van der Waals surface area contributed by atoms with E-state index in [0.29, 0.717) is 38.7 Å². The largest absolute Gasteiger partial charge is 0.495 e. The first-order chi connectivity index (χ1) is 12.5. The zero-order valence-corrected chi connectivity index (χ0v) is 15.7. The van der Waals surface area contributed by atoms with E-state index in [4.69, 9.17) is 43.4 Å². The van der Waals surface area contributed by atoms with Crippen molar-refractivity contribution in [1.29, 1.82) is 0 Å². The monoisotopic (exact) mass is 390 g/mol. The Kier molecular flexibility index (Phi) is 4.25. The van der Waals surface area contributed by atoms with Crippen LogP contribution in [-0.2, 0) is 0 Å². The lowest BCUT2D eigenvalue weighted by Crippen LogP contribution is -2.01. The molecule has 2 heterocycles. The molecule has 134 valence electrons. The number of methoxy groups -OCH3 is 2. The fraction of sp³-hybridized carbons (Fsp3) is 0.278. The van der Waals surface area contributed by atoms with Gasteiger partial charge in [-0.3, -0.25) is 4.98 Å². The number of ether oxygens (including phenoxy) is 2. The van der Waals surface area contributed by atoms with Gasteiger partial charge in [0, 0.05) is 29.1 Å². The maximum Gasteiger partial charge on any atom is 0.220 e. The SMILES string of the molecule is COc1cc(OC)c(Cl)c(-c2cc3cnc(N)nc3c(C3CC3)n2)c1Cl. The minimum Gasteiger partial charge on any atom is -0.495 e. The van der Waals surface area contributed by atoms with Gasteiger partial charge in [0.1, 0.15) is 11.5 Å². The minimum absolute atomic E-state index is 0.230. The molecule has 2 N–H and O–H groups in total. The molecule has 1 fully saturated rings. The molecule has 6 nitrogen and oxygen atoms in total. The van der Waals surface area contributed by atoms with Gasteiger partial charge in [-0.2, -0.15) is 0 Å². The van der Waals surface area contributed by atoms with Crippen LogP contribution in [0.25, 0.3) is 22.2 Å². The van der Waals surface area contributed by atoms with Crippen molar-refractivity contribution >= 4 is 40.1 Å². The van der Waals surface area contributed by atoms with Crippen LogP contribution in [-0.4, -0.2) is 29.2 Å². The van der Waals surface area contributed by atoms with Gasteiger partial charge in [0.25, 0.3) is 0 Å².